The molecule has 0 radical (unpaired) electrons. The molecule has 0 spiro atoms. The second-order valence-corrected chi connectivity index (χ2v) is 7.53. The predicted octanol–water partition coefficient (Wildman–Crippen LogP) is 2.25. The monoisotopic (exact) mass is 556 g/mol. The number of anilines is 1. The molecule has 1 amide bonds. The van der Waals surface area contributed by atoms with E-state index in [0.717, 1.165) is 18.5 Å². The van der Waals surface area contributed by atoms with E-state index in [1.807, 2.05) is 29.2 Å². The zero-order valence-electron chi connectivity index (χ0n) is 18.5. The van der Waals surface area contributed by atoms with Gasteiger partial charge in [0, 0.05) is 53.0 Å². The van der Waals surface area contributed by atoms with Gasteiger partial charge in [0.25, 0.3) is 5.91 Å². The van der Waals surface area contributed by atoms with Crippen LogP contribution in [-0.4, -0.2) is 68.6 Å². The summed E-state index contributed by atoms with van der Waals surface area (Å²) in [6, 6.07) is 10.7. The van der Waals surface area contributed by atoms with Crippen LogP contribution in [0.15, 0.2) is 47.6 Å². The molecule has 2 heterocycles. The second kappa shape index (κ2) is 12.4. The lowest BCUT2D eigenvalue weighted by Gasteiger charge is -2.20. The Balaban J connectivity index is 0.00000363. The van der Waals surface area contributed by atoms with Gasteiger partial charge in [-0.25, -0.2) is 9.37 Å². The molecular formula is C22H30FIN6O2. The lowest BCUT2D eigenvalue weighted by molar-refractivity contribution is -0.130. The van der Waals surface area contributed by atoms with Crippen molar-refractivity contribution in [3.8, 4) is 5.75 Å². The maximum Gasteiger partial charge on any atom is 0.259 e. The van der Waals surface area contributed by atoms with E-state index in [9.17, 15) is 9.18 Å². The van der Waals surface area contributed by atoms with Crippen molar-refractivity contribution in [2.75, 3.05) is 45.7 Å². The number of carbonyl (C=O) groups excluding carboxylic acids is 1. The van der Waals surface area contributed by atoms with Crippen molar-refractivity contribution in [3.63, 3.8) is 0 Å². The van der Waals surface area contributed by atoms with E-state index in [0.29, 0.717) is 30.6 Å². The standard InChI is InChI=1S/C22H29FN6O2.HI/c1-24-22(27-17-9-11-29(14-17)21-19(23)8-5-10-25-21)26-13-16-6-4-7-18(12-16)31-15-20(30)28(2)3;/h4-8,10,12,17H,9,11,13-15H2,1-3H3,(H2,24,26,27);1H. The molecule has 1 aromatic carbocycles. The molecule has 174 valence electrons. The smallest absolute Gasteiger partial charge is 0.259 e. The number of nitrogens with one attached hydrogen (secondary N) is 2. The summed E-state index contributed by atoms with van der Waals surface area (Å²) < 4.78 is 19.6. The summed E-state index contributed by atoms with van der Waals surface area (Å²) in [6.45, 7) is 1.93. The zero-order valence-corrected chi connectivity index (χ0v) is 20.9. The Labute approximate surface area is 205 Å². The quantitative estimate of drug-likeness (QED) is 0.310. The number of hydrogen-bond acceptors (Lipinski definition) is 5. The van der Waals surface area contributed by atoms with Crippen molar-refractivity contribution < 1.29 is 13.9 Å². The highest BCUT2D eigenvalue weighted by molar-refractivity contribution is 14.0. The van der Waals surface area contributed by atoms with Crippen LogP contribution in [0.1, 0.15) is 12.0 Å². The van der Waals surface area contributed by atoms with Gasteiger partial charge in [-0.05, 0) is 36.2 Å². The summed E-state index contributed by atoms with van der Waals surface area (Å²) in [7, 11) is 5.11. The minimum atomic E-state index is -0.306. The number of likely N-dealkylation sites (N-methyl/N-ethyl adjacent to an activating group) is 1. The Bertz CT molecular complexity index is 927. The van der Waals surface area contributed by atoms with Gasteiger partial charge in [0.1, 0.15) is 5.75 Å². The number of hydrogen-bond donors (Lipinski definition) is 2. The third-order valence-electron chi connectivity index (χ3n) is 5.01. The Morgan fingerprint density at radius 2 is 2.16 bits per heavy atom. The van der Waals surface area contributed by atoms with Crippen LogP contribution in [0.2, 0.25) is 0 Å². The number of rotatable bonds is 7. The molecule has 1 aliphatic rings. The molecule has 1 unspecified atom stereocenters. The molecule has 1 aliphatic heterocycles. The van der Waals surface area contributed by atoms with Crippen molar-refractivity contribution >= 4 is 41.7 Å². The van der Waals surface area contributed by atoms with Gasteiger partial charge in [0.15, 0.2) is 24.2 Å². The van der Waals surface area contributed by atoms with Gasteiger partial charge in [-0.2, -0.15) is 0 Å². The Morgan fingerprint density at radius 1 is 1.34 bits per heavy atom. The first-order chi connectivity index (χ1) is 15.0. The average Bonchev–Trinajstić information content (AvgIpc) is 3.23. The normalized spacial score (nSPS) is 15.7. The first-order valence-corrected chi connectivity index (χ1v) is 10.2. The number of halogens is 2. The van der Waals surface area contributed by atoms with Crippen molar-refractivity contribution in [3.05, 3.63) is 54.0 Å². The molecule has 10 heteroatoms. The fraction of sp³-hybridized carbons (Fsp3) is 0.409. The van der Waals surface area contributed by atoms with E-state index in [1.165, 1.54) is 11.0 Å². The Morgan fingerprint density at radius 3 is 2.88 bits per heavy atom. The van der Waals surface area contributed by atoms with Crippen molar-refractivity contribution in [1.82, 2.24) is 20.5 Å². The minimum Gasteiger partial charge on any atom is -0.484 e. The third-order valence-corrected chi connectivity index (χ3v) is 5.01. The summed E-state index contributed by atoms with van der Waals surface area (Å²) in [5.74, 6) is 1.30. The molecule has 3 rings (SSSR count). The van der Waals surface area contributed by atoms with E-state index >= 15 is 0 Å². The Kier molecular flexibility index (Phi) is 9.95. The lowest BCUT2D eigenvalue weighted by atomic mass is 10.2. The van der Waals surface area contributed by atoms with Crippen molar-refractivity contribution in [2.24, 2.45) is 4.99 Å². The highest BCUT2D eigenvalue weighted by Crippen LogP contribution is 2.20. The number of benzene rings is 1. The second-order valence-electron chi connectivity index (χ2n) is 7.53. The van der Waals surface area contributed by atoms with Gasteiger partial charge in [0.2, 0.25) is 0 Å². The van der Waals surface area contributed by atoms with Crippen LogP contribution in [0.4, 0.5) is 10.2 Å². The number of guanidine groups is 1. The first-order valence-electron chi connectivity index (χ1n) is 10.2. The van der Waals surface area contributed by atoms with Crippen LogP contribution >= 0.6 is 24.0 Å². The number of aromatic nitrogens is 1. The average molecular weight is 556 g/mol. The molecule has 8 nitrogen and oxygen atoms in total. The third kappa shape index (κ3) is 7.21. The fourth-order valence-corrected chi connectivity index (χ4v) is 3.27. The molecule has 1 aromatic heterocycles. The topological polar surface area (TPSA) is 82.1 Å². The molecule has 2 aromatic rings. The molecular weight excluding hydrogens is 526 g/mol. The van der Waals surface area contributed by atoms with E-state index < -0.39 is 0 Å². The minimum absolute atomic E-state index is 0. The SMILES string of the molecule is CN=C(NCc1cccc(OCC(=O)N(C)C)c1)NC1CCN(c2ncccc2F)C1.I. The summed E-state index contributed by atoms with van der Waals surface area (Å²) in [4.78, 5) is 23.6. The van der Waals surface area contributed by atoms with E-state index in [-0.39, 0.29) is 48.3 Å². The van der Waals surface area contributed by atoms with Crippen LogP contribution in [0.5, 0.6) is 5.75 Å². The van der Waals surface area contributed by atoms with Crippen LogP contribution in [-0.2, 0) is 11.3 Å². The van der Waals surface area contributed by atoms with Gasteiger partial charge < -0.3 is 25.2 Å². The highest BCUT2D eigenvalue weighted by Gasteiger charge is 2.25. The molecule has 32 heavy (non-hydrogen) atoms. The molecule has 0 bridgehead atoms. The van der Waals surface area contributed by atoms with Gasteiger partial charge in [-0.15, -0.1) is 24.0 Å². The molecule has 1 saturated heterocycles. The fourth-order valence-electron chi connectivity index (χ4n) is 3.27. The summed E-state index contributed by atoms with van der Waals surface area (Å²) in [5.41, 5.74) is 1.00. The number of carbonyl (C=O) groups is 1. The van der Waals surface area contributed by atoms with Gasteiger partial charge >= 0.3 is 0 Å². The van der Waals surface area contributed by atoms with Crippen molar-refractivity contribution in [2.45, 2.75) is 19.0 Å². The van der Waals surface area contributed by atoms with E-state index in [4.69, 9.17) is 4.74 Å². The van der Waals surface area contributed by atoms with E-state index in [2.05, 4.69) is 20.6 Å². The molecule has 1 fully saturated rings. The summed E-state index contributed by atoms with van der Waals surface area (Å²) in [6.07, 6.45) is 2.47. The van der Waals surface area contributed by atoms with Crippen LogP contribution in [0.3, 0.4) is 0 Å². The Hall–Kier alpha value is -2.63. The lowest BCUT2D eigenvalue weighted by Crippen LogP contribution is -2.44. The molecule has 2 N–H and O–H groups in total. The van der Waals surface area contributed by atoms with Crippen LogP contribution < -0.4 is 20.3 Å². The van der Waals surface area contributed by atoms with Crippen molar-refractivity contribution in [1.29, 1.82) is 0 Å². The molecule has 0 aliphatic carbocycles. The number of amides is 1. The zero-order chi connectivity index (χ0) is 22.2. The molecule has 0 saturated carbocycles. The van der Waals surface area contributed by atoms with Crippen LogP contribution in [0.25, 0.3) is 0 Å². The maximum absolute atomic E-state index is 14.0. The summed E-state index contributed by atoms with van der Waals surface area (Å²) >= 11 is 0. The molecule has 1 atom stereocenters. The largest absolute Gasteiger partial charge is 0.484 e. The highest BCUT2D eigenvalue weighted by atomic mass is 127. The maximum atomic E-state index is 14.0. The first kappa shape index (κ1) is 25.6. The van der Waals surface area contributed by atoms with E-state index in [1.54, 1.807) is 33.4 Å². The number of pyridine rings is 1. The number of ether oxygens (including phenoxy) is 1. The predicted molar refractivity (Wildman–Crippen MR) is 134 cm³/mol. The van der Waals surface area contributed by atoms with Gasteiger partial charge in [-0.1, -0.05) is 12.1 Å². The number of nitrogens with zero attached hydrogens (tertiary/aromatic N) is 4. The summed E-state index contributed by atoms with van der Waals surface area (Å²) in [5, 5.41) is 6.68. The van der Waals surface area contributed by atoms with Gasteiger partial charge in [-0.3, -0.25) is 9.79 Å². The number of aliphatic imine (C=N–C) groups is 1. The van der Waals surface area contributed by atoms with Gasteiger partial charge in [0.05, 0.1) is 0 Å². The van der Waals surface area contributed by atoms with Crippen LogP contribution in [0, 0.1) is 5.82 Å².